The minimum Gasteiger partial charge on any atom is -0.481 e. The fraction of sp³-hybridized carbons (Fsp3) is 0.462. The molecule has 1 atom stereocenters. The largest absolute Gasteiger partial charge is 0.481 e. The Morgan fingerprint density at radius 3 is 2.62 bits per heavy atom. The van der Waals surface area contributed by atoms with Crippen LogP contribution in [-0.2, 0) is 11.2 Å². The van der Waals surface area contributed by atoms with Gasteiger partial charge in [0.1, 0.15) is 0 Å². The van der Waals surface area contributed by atoms with E-state index >= 15 is 0 Å². The molecular formula is C13H15ClO2. The molecule has 0 amide bonds. The van der Waals surface area contributed by atoms with Gasteiger partial charge in [0.15, 0.2) is 0 Å². The number of benzene rings is 1. The third kappa shape index (κ3) is 2.38. The van der Waals surface area contributed by atoms with Crippen molar-refractivity contribution in [3.05, 3.63) is 34.9 Å². The Morgan fingerprint density at radius 1 is 1.44 bits per heavy atom. The van der Waals surface area contributed by atoms with Crippen LogP contribution >= 0.6 is 11.6 Å². The Bertz CT molecular complexity index is 385. The van der Waals surface area contributed by atoms with E-state index in [9.17, 15) is 9.90 Å². The normalized spacial score (nSPS) is 17.8. The van der Waals surface area contributed by atoms with Crippen LogP contribution in [0.5, 0.6) is 0 Å². The number of hydrogen-bond donors (Lipinski definition) is 1. The highest BCUT2D eigenvalue weighted by Crippen LogP contribution is 2.36. The fourth-order valence-corrected chi connectivity index (χ4v) is 2.41. The van der Waals surface area contributed by atoms with E-state index in [0.29, 0.717) is 17.4 Å². The first-order valence-corrected chi connectivity index (χ1v) is 6.02. The molecule has 1 unspecified atom stereocenters. The summed E-state index contributed by atoms with van der Waals surface area (Å²) >= 11 is 6.05. The number of carbonyl (C=O) groups is 1. The zero-order valence-electron chi connectivity index (χ0n) is 9.03. The van der Waals surface area contributed by atoms with Crippen LogP contribution < -0.4 is 0 Å². The molecule has 1 N–H and O–H groups in total. The van der Waals surface area contributed by atoms with Gasteiger partial charge in [-0.3, -0.25) is 4.79 Å². The standard InChI is InChI=1S/C13H15ClO2/c14-12-7-2-1-4-10(12)8-11(13(15)16)9-5-3-6-9/h1-2,4,7,9,11H,3,5-6,8H2,(H,15,16). The summed E-state index contributed by atoms with van der Waals surface area (Å²) in [6.07, 6.45) is 3.81. The lowest BCUT2D eigenvalue weighted by molar-refractivity contribution is -0.144. The van der Waals surface area contributed by atoms with E-state index < -0.39 is 5.97 Å². The Balaban J connectivity index is 2.11. The Labute approximate surface area is 100 Å². The molecule has 3 heteroatoms. The average Bonchev–Trinajstić information content (AvgIpc) is 2.17. The highest BCUT2D eigenvalue weighted by molar-refractivity contribution is 6.31. The zero-order chi connectivity index (χ0) is 11.5. The number of carboxylic acids is 1. The van der Waals surface area contributed by atoms with Gasteiger partial charge >= 0.3 is 5.97 Å². The van der Waals surface area contributed by atoms with E-state index in [-0.39, 0.29) is 5.92 Å². The zero-order valence-corrected chi connectivity index (χ0v) is 9.78. The van der Waals surface area contributed by atoms with Gasteiger partial charge in [-0.2, -0.15) is 0 Å². The lowest BCUT2D eigenvalue weighted by atomic mass is 9.73. The minimum atomic E-state index is -0.690. The van der Waals surface area contributed by atoms with Gasteiger partial charge in [0, 0.05) is 5.02 Å². The molecule has 2 rings (SSSR count). The van der Waals surface area contributed by atoms with Gasteiger partial charge in [-0.05, 0) is 36.8 Å². The number of halogens is 1. The smallest absolute Gasteiger partial charge is 0.307 e. The molecule has 0 aliphatic heterocycles. The summed E-state index contributed by atoms with van der Waals surface area (Å²) in [4.78, 5) is 11.2. The molecule has 2 nitrogen and oxygen atoms in total. The topological polar surface area (TPSA) is 37.3 Å². The van der Waals surface area contributed by atoms with E-state index in [2.05, 4.69) is 0 Å². The van der Waals surface area contributed by atoms with Crippen molar-refractivity contribution in [2.24, 2.45) is 11.8 Å². The summed E-state index contributed by atoms with van der Waals surface area (Å²) in [5, 5.41) is 9.89. The van der Waals surface area contributed by atoms with Crippen molar-refractivity contribution in [3.8, 4) is 0 Å². The highest BCUT2D eigenvalue weighted by Gasteiger charge is 2.32. The van der Waals surface area contributed by atoms with E-state index in [0.717, 1.165) is 24.8 Å². The summed E-state index contributed by atoms with van der Waals surface area (Å²) in [5.74, 6) is -0.618. The maximum atomic E-state index is 11.2. The quantitative estimate of drug-likeness (QED) is 0.873. The first-order chi connectivity index (χ1) is 7.68. The van der Waals surface area contributed by atoms with E-state index in [1.54, 1.807) is 0 Å². The van der Waals surface area contributed by atoms with Crippen molar-refractivity contribution in [2.45, 2.75) is 25.7 Å². The lowest BCUT2D eigenvalue weighted by Crippen LogP contribution is -2.30. The monoisotopic (exact) mass is 238 g/mol. The predicted octanol–water partition coefficient (Wildman–Crippen LogP) is 3.38. The number of rotatable bonds is 4. The van der Waals surface area contributed by atoms with Crippen molar-refractivity contribution in [1.82, 2.24) is 0 Å². The Morgan fingerprint density at radius 2 is 2.12 bits per heavy atom. The highest BCUT2D eigenvalue weighted by atomic mass is 35.5. The number of aliphatic carboxylic acids is 1. The van der Waals surface area contributed by atoms with Crippen molar-refractivity contribution in [1.29, 1.82) is 0 Å². The Kier molecular flexibility index (Phi) is 3.49. The SMILES string of the molecule is O=C(O)C(Cc1ccccc1Cl)C1CCC1. The molecule has 0 heterocycles. The van der Waals surface area contributed by atoms with Crippen molar-refractivity contribution < 1.29 is 9.90 Å². The average molecular weight is 239 g/mol. The second-order valence-electron chi connectivity index (χ2n) is 4.43. The lowest BCUT2D eigenvalue weighted by Gasteiger charge is -2.31. The molecule has 1 aliphatic rings. The fourth-order valence-electron chi connectivity index (χ4n) is 2.20. The summed E-state index contributed by atoms with van der Waals surface area (Å²) in [6, 6.07) is 7.50. The molecule has 0 aromatic heterocycles. The van der Waals surface area contributed by atoms with Crippen LogP contribution in [0.15, 0.2) is 24.3 Å². The molecule has 1 aliphatic carbocycles. The molecule has 1 aromatic rings. The molecule has 86 valence electrons. The minimum absolute atomic E-state index is 0.270. The molecule has 1 fully saturated rings. The molecule has 0 saturated heterocycles. The van der Waals surface area contributed by atoms with Crippen LogP contribution in [0, 0.1) is 11.8 Å². The van der Waals surface area contributed by atoms with Crippen LogP contribution in [0.25, 0.3) is 0 Å². The van der Waals surface area contributed by atoms with Crippen LogP contribution in [-0.4, -0.2) is 11.1 Å². The summed E-state index contributed by atoms with van der Waals surface area (Å²) in [5.41, 5.74) is 0.948. The number of hydrogen-bond acceptors (Lipinski definition) is 1. The van der Waals surface area contributed by atoms with E-state index in [1.165, 1.54) is 0 Å². The van der Waals surface area contributed by atoms with Gasteiger partial charge in [0.05, 0.1) is 5.92 Å². The molecule has 1 aromatic carbocycles. The van der Waals surface area contributed by atoms with Gasteiger partial charge in [-0.15, -0.1) is 0 Å². The second-order valence-corrected chi connectivity index (χ2v) is 4.84. The second kappa shape index (κ2) is 4.88. The number of carboxylic acid groups (broad SMARTS) is 1. The molecule has 0 bridgehead atoms. The van der Waals surface area contributed by atoms with Crippen LogP contribution in [0.3, 0.4) is 0 Å². The summed E-state index contributed by atoms with van der Waals surface area (Å²) in [6.45, 7) is 0. The van der Waals surface area contributed by atoms with Crippen molar-refractivity contribution in [2.75, 3.05) is 0 Å². The van der Waals surface area contributed by atoms with Crippen molar-refractivity contribution >= 4 is 17.6 Å². The van der Waals surface area contributed by atoms with Gasteiger partial charge in [0.25, 0.3) is 0 Å². The Hall–Kier alpha value is -1.02. The van der Waals surface area contributed by atoms with E-state index in [1.807, 2.05) is 24.3 Å². The maximum Gasteiger partial charge on any atom is 0.307 e. The van der Waals surface area contributed by atoms with Gasteiger partial charge in [-0.25, -0.2) is 0 Å². The van der Waals surface area contributed by atoms with Crippen LogP contribution in [0.1, 0.15) is 24.8 Å². The van der Waals surface area contributed by atoms with Crippen molar-refractivity contribution in [3.63, 3.8) is 0 Å². The molecule has 0 spiro atoms. The first-order valence-electron chi connectivity index (χ1n) is 5.64. The third-order valence-electron chi connectivity index (χ3n) is 3.43. The predicted molar refractivity (Wildman–Crippen MR) is 63.6 cm³/mol. The molecule has 1 saturated carbocycles. The molecular weight excluding hydrogens is 224 g/mol. The van der Waals surface area contributed by atoms with Gasteiger partial charge in [0.2, 0.25) is 0 Å². The molecule has 0 radical (unpaired) electrons. The summed E-state index contributed by atoms with van der Waals surface area (Å²) < 4.78 is 0. The van der Waals surface area contributed by atoms with E-state index in [4.69, 9.17) is 11.6 Å². The maximum absolute atomic E-state index is 11.2. The van der Waals surface area contributed by atoms with Crippen LogP contribution in [0.2, 0.25) is 5.02 Å². The third-order valence-corrected chi connectivity index (χ3v) is 3.80. The van der Waals surface area contributed by atoms with Crippen LogP contribution in [0.4, 0.5) is 0 Å². The van der Waals surface area contributed by atoms with Gasteiger partial charge in [-0.1, -0.05) is 36.2 Å². The summed E-state index contributed by atoms with van der Waals surface area (Å²) in [7, 11) is 0. The molecule has 16 heavy (non-hydrogen) atoms. The first kappa shape index (κ1) is 11.5. The van der Waals surface area contributed by atoms with Gasteiger partial charge < -0.3 is 5.11 Å².